The summed E-state index contributed by atoms with van der Waals surface area (Å²) in [6, 6.07) is 9.70. The minimum absolute atomic E-state index is 0.0808. The highest BCUT2D eigenvalue weighted by molar-refractivity contribution is 6.06. The molecular weight excluding hydrogens is 272 g/mol. The van der Waals surface area contributed by atoms with Gasteiger partial charge in [-0.25, -0.2) is 9.78 Å². The van der Waals surface area contributed by atoms with Crippen LogP contribution in [0.3, 0.4) is 0 Å². The van der Waals surface area contributed by atoms with Gasteiger partial charge >= 0.3 is 5.97 Å². The lowest BCUT2D eigenvalue weighted by atomic mass is 10.2. The summed E-state index contributed by atoms with van der Waals surface area (Å²) in [4.78, 5) is 26.6. The third kappa shape index (κ3) is 3.56. The van der Waals surface area contributed by atoms with Gasteiger partial charge < -0.3 is 15.2 Å². The molecule has 21 heavy (non-hydrogen) atoms. The van der Waals surface area contributed by atoms with Gasteiger partial charge in [-0.1, -0.05) is 12.1 Å². The Morgan fingerprint density at radius 1 is 1.24 bits per heavy atom. The number of pyridine rings is 1. The number of nitrogens with zero attached hydrogens (tertiary/aromatic N) is 1. The number of carboxylic acids is 1. The molecule has 0 unspecified atom stereocenters. The van der Waals surface area contributed by atoms with Crippen molar-refractivity contribution in [3.05, 3.63) is 53.9 Å². The van der Waals surface area contributed by atoms with E-state index in [-0.39, 0.29) is 11.6 Å². The number of para-hydroxylation sites is 1. The lowest BCUT2D eigenvalue weighted by Crippen LogP contribution is -2.14. The van der Waals surface area contributed by atoms with Crippen LogP contribution < -0.4 is 10.1 Å². The lowest BCUT2D eigenvalue weighted by Gasteiger charge is -2.10. The Morgan fingerprint density at radius 2 is 2.00 bits per heavy atom. The summed E-state index contributed by atoms with van der Waals surface area (Å²) in [5.74, 6) is -0.967. The number of aromatic carboxylic acids is 1. The predicted octanol–water partition coefficient (Wildman–Crippen LogP) is 2.43. The van der Waals surface area contributed by atoms with E-state index in [0.717, 1.165) is 0 Å². The van der Waals surface area contributed by atoms with Crippen molar-refractivity contribution in [1.29, 1.82) is 0 Å². The number of carbonyl (C=O) groups excluding carboxylic acids is 1. The topological polar surface area (TPSA) is 88.5 Å². The maximum atomic E-state index is 12.2. The molecule has 6 heteroatoms. The molecule has 0 atom stereocenters. The first-order chi connectivity index (χ1) is 10.1. The second kappa shape index (κ2) is 6.51. The molecule has 0 spiro atoms. The van der Waals surface area contributed by atoms with Crippen molar-refractivity contribution in [2.45, 2.75) is 6.92 Å². The van der Waals surface area contributed by atoms with Crippen LogP contribution >= 0.6 is 0 Å². The number of hydrogen-bond donors (Lipinski definition) is 2. The lowest BCUT2D eigenvalue weighted by molar-refractivity contribution is 0.0690. The molecule has 0 aliphatic carbocycles. The van der Waals surface area contributed by atoms with Gasteiger partial charge in [-0.3, -0.25) is 4.79 Å². The van der Waals surface area contributed by atoms with E-state index in [1.807, 2.05) is 6.92 Å². The van der Waals surface area contributed by atoms with Crippen LogP contribution in [0.25, 0.3) is 0 Å². The maximum absolute atomic E-state index is 12.2. The molecule has 1 amide bonds. The predicted molar refractivity (Wildman–Crippen MR) is 76.8 cm³/mol. The van der Waals surface area contributed by atoms with Gasteiger partial charge in [-0.05, 0) is 31.2 Å². The first-order valence-corrected chi connectivity index (χ1v) is 6.34. The molecule has 108 valence electrons. The quantitative estimate of drug-likeness (QED) is 0.881. The largest absolute Gasteiger partial charge is 0.493 e. The van der Waals surface area contributed by atoms with E-state index in [1.54, 1.807) is 24.3 Å². The third-order valence-corrected chi connectivity index (χ3v) is 2.67. The molecule has 0 saturated carbocycles. The Bertz CT molecular complexity index is 653. The van der Waals surface area contributed by atoms with Gasteiger partial charge in [0.1, 0.15) is 11.4 Å². The molecule has 2 aromatic rings. The average molecular weight is 286 g/mol. The Labute approximate surface area is 121 Å². The van der Waals surface area contributed by atoms with Crippen LogP contribution in [0.5, 0.6) is 5.75 Å². The molecule has 0 fully saturated rings. The molecule has 0 bridgehead atoms. The van der Waals surface area contributed by atoms with Crippen molar-refractivity contribution < 1.29 is 19.4 Å². The fraction of sp³-hybridized carbons (Fsp3) is 0.133. The van der Waals surface area contributed by atoms with E-state index < -0.39 is 5.97 Å². The number of rotatable bonds is 5. The minimum Gasteiger partial charge on any atom is -0.493 e. The van der Waals surface area contributed by atoms with Crippen molar-refractivity contribution >= 4 is 17.6 Å². The van der Waals surface area contributed by atoms with Gasteiger partial charge in [0.2, 0.25) is 0 Å². The Hall–Kier alpha value is -2.89. The number of nitrogens with one attached hydrogen (secondary N) is 1. The first kappa shape index (κ1) is 14.5. The van der Waals surface area contributed by atoms with Crippen LogP contribution in [0.1, 0.15) is 27.8 Å². The molecule has 0 saturated heterocycles. The summed E-state index contributed by atoms with van der Waals surface area (Å²) in [5, 5.41) is 11.4. The zero-order chi connectivity index (χ0) is 15.2. The van der Waals surface area contributed by atoms with Crippen LogP contribution in [0.15, 0.2) is 42.6 Å². The number of ether oxygens (including phenoxy) is 1. The van der Waals surface area contributed by atoms with E-state index in [4.69, 9.17) is 9.84 Å². The SMILES string of the molecule is CCOc1ccccc1C(=O)Nc1ccc(C(=O)O)nc1. The van der Waals surface area contributed by atoms with E-state index in [9.17, 15) is 9.59 Å². The molecule has 1 aromatic carbocycles. The second-order valence-electron chi connectivity index (χ2n) is 4.12. The molecule has 0 aliphatic rings. The number of hydrogen-bond acceptors (Lipinski definition) is 4. The van der Waals surface area contributed by atoms with Gasteiger partial charge in [0.05, 0.1) is 24.1 Å². The molecule has 2 N–H and O–H groups in total. The van der Waals surface area contributed by atoms with E-state index in [0.29, 0.717) is 23.6 Å². The number of benzene rings is 1. The monoisotopic (exact) mass is 286 g/mol. The fourth-order valence-corrected chi connectivity index (χ4v) is 1.73. The standard InChI is InChI=1S/C15H14N2O4/c1-2-21-13-6-4-3-5-11(13)14(18)17-10-7-8-12(15(19)20)16-9-10/h3-9H,2H2,1H3,(H,17,18)(H,19,20). The molecule has 1 aromatic heterocycles. The van der Waals surface area contributed by atoms with E-state index >= 15 is 0 Å². The van der Waals surface area contributed by atoms with Gasteiger partial charge in [0.25, 0.3) is 5.91 Å². The molecule has 0 aliphatic heterocycles. The van der Waals surface area contributed by atoms with Crippen molar-refractivity contribution in [1.82, 2.24) is 4.98 Å². The Balaban J connectivity index is 2.16. The smallest absolute Gasteiger partial charge is 0.354 e. The third-order valence-electron chi connectivity index (χ3n) is 2.67. The first-order valence-electron chi connectivity index (χ1n) is 6.34. The van der Waals surface area contributed by atoms with Gasteiger partial charge in [0.15, 0.2) is 0 Å². The van der Waals surface area contributed by atoms with Crippen LogP contribution in [0, 0.1) is 0 Å². The van der Waals surface area contributed by atoms with Gasteiger partial charge in [-0.2, -0.15) is 0 Å². The second-order valence-corrected chi connectivity index (χ2v) is 4.12. The Morgan fingerprint density at radius 3 is 2.62 bits per heavy atom. The summed E-state index contributed by atoms with van der Waals surface area (Å²) in [6.45, 7) is 2.29. The Kier molecular flexibility index (Phi) is 4.50. The number of amides is 1. The van der Waals surface area contributed by atoms with Crippen LogP contribution in [-0.4, -0.2) is 28.6 Å². The molecule has 1 heterocycles. The van der Waals surface area contributed by atoms with E-state index in [2.05, 4.69) is 10.3 Å². The normalized spacial score (nSPS) is 9.95. The summed E-state index contributed by atoms with van der Waals surface area (Å²) >= 11 is 0. The van der Waals surface area contributed by atoms with Crippen LogP contribution in [0.4, 0.5) is 5.69 Å². The number of carbonyl (C=O) groups is 2. The number of carboxylic acid groups (broad SMARTS) is 1. The molecule has 2 rings (SSSR count). The summed E-state index contributed by atoms with van der Waals surface area (Å²) in [7, 11) is 0. The molecule has 0 radical (unpaired) electrons. The van der Waals surface area contributed by atoms with Crippen molar-refractivity contribution in [3.63, 3.8) is 0 Å². The van der Waals surface area contributed by atoms with Crippen LogP contribution in [0.2, 0.25) is 0 Å². The van der Waals surface area contributed by atoms with Crippen molar-refractivity contribution in [3.8, 4) is 5.75 Å². The number of anilines is 1. The van der Waals surface area contributed by atoms with Crippen molar-refractivity contribution in [2.75, 3.05) is 11.9 Å². The van der Waals surface area contributed by atoms with Gasteiger partial charge in [-0.15, -0.1) is 0 Å². The molecular formula is C15H14N2O4. The van der Waals surface area contributed by atoms with Crippen LogP contribution in [-0.2, 0) is 0 Å². The van der Waals surface area contributed by atoms with Gasteiger partial charge in [0, 0.05) is 0 Å². The highest BCUT2D eigenvalue weighted by Gasteiger charge is 2.12. The van der Waals surface area contributed by atoms with E-state index in [1.165, 1.54) is 18.3 Å². The zero-order valence-corrected chi connectivity index (χ0v) is 11.4. The zero-order valence-electron chi connectivity index (χ0n) is 11.4. The summed E-state index contributed by atoms with van der Waals surface area (Å²) in [5.41, 5.74) is 0.737. The summed E-state index contributed by atoms with van der Waals surface area (Å²) < 4.78 is 5.39. The highest BCUT2D eigenvalue weighted by Crippen LogP contribution is 2.19. The maximum Gasteiger partial charge on any atom is 0.354 e. The minimum atomic E-state index is -1.12. The number of aromatic nitrogens is 1. The average Bonchev–Trinajstić information content (AvgIpc) is 2.48. The molecule has 6 nitrogen and oxygen atoms in total. The summed E-state index contributed by atoms with van der Waals surface area (Å²) in [6.07, 6.45) is 1.30. The highest BCUT2D eigenvalue weighted by atomic mass is 16.5. The van der Waals surface area contributed by atoms with Crippen molar-refractivity contribution in [2.24, 2.45) is 0 Å². The fourth-order valence-electron chi connectivity index (χ4n) is 1.73.